The van der Waals surface area contributed by atoms with Gasteiger partial charge in [0, 0.05) is 0 Å². The number of hydrogen-bond donors (Lipinski definition) is 0. The summed E-state index contributed by atoms with van der Waals surface area (Å²) in [6.07, 6.45) is 3.45. The summed E-state index contributed by atoms with van der Waals surface area (Å²) >= 11 is 7.36. The minimum Gasteiger partial charge on any atom is -0.266 e. The zero-order valence-corrected chi connectivity index (χ0v) is 10.1. The predicted octanol–water partition coefficient (Wildman–Crippen LogP) is 2.61. The lowest BCUT2D eigenvalue weighted by Crippen LogP contribution is -2.21. The van der Waals surface area contributed by atoms with Crippen molar-refractivity contribution in [3.8, 4) is 5.69 Å². The zero-order valence-electron chi connectivity index (χ0n) is 8.55. The van der Waals surface area contributed by atoms with Crippen molar-refractivity contribution in [3.05, 3.63) is 51.9 Å². The van der Waals surface area contributed by atoms with E-state index >= 15 is 0 Å². The Kier molecular flexibility index (Phi) is 3.31. The first kappa shape index (κ1) is 11.2. The molecule has 0 aliphatic heterocycles. The van der Waals surface area contributed by atoms with Crippen LogP contribution in [-0.4, -0.2) is 16.0 Å². The van der Waals surface area contributed by atoms with Crippen molar-refractivity contribution in [2.45, 2.75) is 4.90 Å². The van der Waals surface area contributed by atoms with Gasteiger partial charge in [0.25, 0.3) is 5.56 Å². The van der Waals surface area contributed by atoms with E-state index in [1.807, 2.05) is 36.6 Å². The van der Waals surface area contributed by atoms with Gasteiger partial charge in [0.15, 0.2) is 0 Å². The predicted molar refractivity (Wildman–Crippen MR) is 66.6 cm³/mol. The summed E-state index contributed by atoms with van der Waals surface area (Å²) in [6, 6.07) is 9.19. The largest absolute Gasteiger partial charge is 0.291 e. The molecule has 0 bridgehead atoms. The van der Waals surface area contributed by atoms with E-state index in [2.05, 4.69) is 5.10 Å². The second-order valence-electron chi connectivity index (χ2n) is 3.08. The fraction of sp³-hybridized carbons (Fsp3) is 0.0909. The molecule has 0 atom stereocenters. The fourth-order valence-electron chi connectivity index (χ4n) is 1.31. The maximum Gasteiger partial charge on any atom is 0.291 e. The number of rotatable bonds is 2. The SMILES string of the molecule is CSc1cnn(-c2ccccc2)c(=O)c1Cl. The highest BCUT2D eigenvalue weighted by Crippen LogP contribution is 2.20. The monoisotopic (exact) mass is 252 g/mol. The molecule has 0 saturated carbocycles. The summed E-state index contributed by atoms with van der Waals surface area (Å²) in [5.74, 6) is 0. The van der Waals surface area contributed by atoms with Crippen molar-refractivity contribution in [2.75, 3.05) is 6.26 Å². The third-order valence-electron chi connectivity index (χ3n) is 2.11. The van der Waals surface area contributed by atoms with Crippen LogP contribution in [-0.2, 0) is 0 Å². The summed E-state index contributed by atoms with van der Waals surface area (Å²) < 4.78 is 1.29. The topological polar surface area (TPSA) is 34.9 Å². The molecule has 0 unspecified atom stereocenters. The third kappa shape index (κ3) is 1.99. The van der Waals surface area contributed by atoms with E-state index in [0.29, 0.717) is 10.6 Å². The highest BCUT2D eigenvalue weighted by Gasteiger charge is 2.09. The molecule has 0 fully saturated rings. The van der Waals surface area contributed by atoms with Crippen LogP contribution >= 0.6 is 23.4 Å². The van der Waals surface area contributed by atoms with Gasteiger partial charge in [0.05, 0.1) is 16.8 Å². The van der Waals surface area contributed by atoms with Crippen molar-refractivity contribution in [3.63, 3.8) is 0 Å². The van der Waals surface area contributed by atoms with Crippen LogP contribution in [0.25, 0.3) is 5.69 Å². The number of hydrogen-bond acceptors (Lipinski definition) is 3. The lowest BCUT2D eigenvalue weighted by atomic mass is 10.3. The number of nitrogens with zero attached hydrogens (tertiary/aromatic N) is 2. The van der Waals surface area contributed by atoms with Crippen LogP contribution in [0, 0.1) is 0 Å². The second kappa shape index (κ2) is 4.72. The molecule has 0 aliphatic carbocycles. The molecular formula is C11H9ClN2OS. The van der Waals surface area contributed by atoms with Gasteiger partial charge in [-0.05, 0) is 18.4 Å². The average Bonchev–Trinajstić information content (AvgIpc) is 2.34. The van der Waals surface area contributed by atoms with Gasteiger partial charge in [-0.2, -0.15) is 9.78 Å². The van der Waals surface area contributed by atoms with Crippen LogP contribution in [0.2, 0.25) is 5.02 Å². The Bertz CT molecular complexity index is 554. The Labute approximate surface area is 102 Å². The van der Waals surface area contributed by atoms with Gasteiger partial charge in [0.1, 0.15) is 5.02 Å². The summed E-state index contributed by atoms with van der Waals surface area (Å²) in [7, 11) is 0. The Morgan fingerprint density at radius 1 is 1.31 bits per heavy atom. The summed E-state index contributed by atoms with van der Waals surface area (Å²) in [5.41, 5.74) is 0.418. The minimum atomic E-state index is -0.292. The minimum absolute atomic E-state index is 0.214. The highest BCUT2D eigenvalue weighted by molar-refractivity contribution is 7.98. The van der Waals surface area contributed by atoms with Crippen molar-refractivity contribution < 1.29 is 0 Å². The van der Waals surface area contributed by atoms with Crippen LogP contribution in [0.1, 0.15) is 0 Å². The second-order valence-corrected chi connectivity index (χ2v) is 4.31. The maximum absolute atomic E-state index is 11.9. The van der Waals surface area contributed by atoms with E-state index < -0.39 is 0 Å². The molecule has 0 radical (unpaired) electrons. The normalized spacial score (nSPS) is 10.4. The molecule has 0 N–H and O–H groups in total. The molecular weight excluding hydrogens is 244 g/mol. The van der Waals surface area contributed by atoms with E-state index in [9.17, 15) is 4.79 Å². The summed E-state index contributed by atoms with van der Waals surface area (Å²) in [6.45, 7) is 0. The van der Waals surface area contributed by atoms with Gasteiger partial charge >= 0.3 is 0 Å². The highest BCUT2D eigenvalue weighted by atomic mass is 35.5. The van der Waals surface area contributed by atoms with E-state index in [4.69, 9.17) is 11.6 Å². The maximum atomic E-state index is 11.9. The lowest BCUT2D eigenvalue weighted by molar-refractivity contribution is 0.791. The smallest absolute Gasteiger partial charge is 0.266 e. The van der Waals surface area contributed by atoms with E-state index in [1.165, 1.54) is 16.4 Å². The van der Waals surface area contributed by atoms with Gasteiger partial charge in [-0.3, -0.25) is 4.79 Å². The van der Waals surface area contributed by atoms with Crippen LogP contribution in [0.4, 0.5) is 0 Å². The fourth-order valence-corrected chi connectivity index (χ4v) is 2.09. The first-order valence-corrected chi connectivity index (χ1v) is 6.21. The Hall–Kier alpha value is -1.26. The molecule has 1 aromatic heterocycles. The van der Waals surface area contributed by atoms with Crippen molar-refractivity contribution in [2.24, 2.45) is 0 Å². The molecule has 2 aromatic rings. The van der Waals surface area contributed by atoms with Gasteiger partial charge in [0.2, 0.25) is 0 Å². The molecule has 82 valence electrons. The lowest BCUT2D eigenvalue weighted by Gasteiger charge is -2.06. The molecule has 16 heavy (non-hydrogen) atoms. The van der Waals surface area contributed by atoms with Gasteiger partial charge in [-0.25, -0.2) is 0 Å². The quantitative estimate of drug-likeness (QED) is 0.771. The van der Waals surface area contributed by atoms with Gasteiger partial charge in [-0.1, -0.05) is 29.8 Å². The van der Waals surface area contributed by atoms with E-state index in [-0.39, 0.29) is 10.6 Å². The molecule has 1 heterocycles. The van der Waals surface area contributed by atoms with Crippen LogP contribution in [0.5, 0.6) is 0 Å². The van der Waals surface area contributed by atoms with Crippen LogP contribution in [0.3, 0.4) is 0 Å². The summed E-state index contributed by atoms with van der Waals surface area (Å²) in [4.78, 5) is 12.6. The van der Waals surface area contributed by atoms with E-state index in [1.54, 1.807) is 6.20 Å². The Morgan fingerprint density at radius 3 is 2.62 bits per heavy atom. The van der Waals surface area contributed by atoms with Crippen molar-refractivity contribution >= 4 is 23.4 Å². The molecule has 0 saturated heterocycles. The van der Waals surface area contributed by atoms with E-state index in [0.717, 1.165) is 0 Å². The number of benzene rings is 1. The molecule has 0 aliphatic rings. The van der Waals surface area contributed by atoms with Gasteiger partial charge in [-0.15, -0.1) is 11.8 Å². The Morgan fingerprint density at radius 2 is 2.00 bits per heavy atom. The zero-order chi connectivity index (χ0) is 11.5. The van der Waals surface area contributed by atoms with Gasteiger partial charge < -0.3 is 0 Å². The number of aromatic nitrogens is 2. The number of thioether (sulfide) groups is 1. The molecule has 1 aromatic carbocycles. The molecule has 0 amide bonds. The first-order valence-electron chi connectivity index (χ1n) is 4.61. The molecule has 5 heteroatoms. The standard InChI is InChI=1S/C11H9ClN2OS/c1-16-9-7-13-14(11(15)10(9)12)8-5-3-2-4-6-8/h2-7H,1H3. The number of halogens is 1. The number of para-hydroxylation sites is 1. The van der Waals surface area contributed by atoms with Crippen LogP contribution in [0.15, 0.2) is 46.2 Å². The third-order valence-corrected chi connectivity index (χ3v) is 3.33. The van der Waals surface area contributed by atoms with Crippen LogP contribution < -0.4 is 5.56 Å². The van der Waals surface area contributed by atoms with Crippen molar-refractivity contribution in [1.29, 1.82) is 0 Å². The average molecular weight is 253 g/mol. The Balaban J connectivity index is 2.61. The molecule has 0 spiro atoms. The summed E-state index contributed by atoms with van der Waals surface area (Å²) in [5, 5.41) is 4.29. The molecule has 2 rings (SSSR count). The van der Waals surface area contributed by atoms with Crippen molar-refractivity contribution in [1.82, 2.24) is 9.78 Å². The molecule has 3 nitrogen and oxygen atoms in total. The first-order chi connectivity index (χ1) is 7.74.